The van der Waals surface area contributed by atoms with Crippen molar-refractivity contribution in [2.45, 2.75) is 26.7 Å². The standard InChI is InChI=1S/C9H9NO.C3H6O2/c1-7-6-8-4-2-3-5-9(8)11-10-7;1-2-3(4)5/h2-5H,6H2,1H3;2H2,1H3,(H,4,5). The first-order valence-electron chi connectivity index (χ1n) is 5.13. The Kier molecular flexibility index (Phi) is 4.51. The smallest absolute Gasteiger partial charge is 0.303 e. The topological polar surface area (TPSA) is 58.9 Å². The quantitative estimate of drug-likeness (QED) is 0.792. The predicted octanol–water partition coefficient (Wildman–Crippen LogP) is 2.48. The Hall–Kier alpha value is -1.84. The van der Waals surface area contributed by atoms with Crippen molar-refractivity contribution < 1.29 is 14.7 Å². The average Bonchev–Trinajstić information content (AvgIpc) is 2.29. The zero-order valence-corrected chi connectivity index (χ0v) is 9.43. The zero-order valence-electron chi connectivity index (χ0n) is 9.43. The molecular formula is C12H15NO3. The van der Waals surface area contributed by atoms with E-state index in [1.807, 2.05) is 25.1 Å². The van der Waals surface area contributed by atoms with Crippen LogP contribution in [0, 0.1) is 0 Å². The van der Waals surface area contributed by atoms with Gasteiger partial charge in [0.2, 0.25) is 0 Å². The maximum atomic E-state index is 9.37. The molecule has 2 rings (SSSR count). The number of carboxylic acids is 1. The molecule has 0 saturated carbocycles. The van der Waals surface area contributed by atoms with Gasteiger partial charge >= 0.3 is 5.97 Å². The number of carbonyl (C=O) groups is 1. The lowest BCUT2D eigenvalue weighted by Crippen LogP contribution is -2.07. The number of nitrogens with zero attached hydrogens (tertiary/aromatic N) is 1. The number of fused-ring (bicyclic) bond motifs is 1. The van der Waals surface area contributed by atoms with Crippen LogP contribution in [0.15, 0.2) is 29.4 Å². The van der Waals surface area contributed by atoms with E-state index in [-0.39, 0.29) is 6.42 Å². The van der Waals surface area contributed by atoms with Gasteiger partial charge in [0.25, 0.3) is 0 Å². The summed E-state index contributed by atoms with van der Waals surface area (Å²) < 4.78 is 0. The molecule has 0 radical (unpaired) electrons. The number of carboxylic acid groups (broad SMARTS) is 1. The summed E-state index contributed by atoms with van der Waals surface area (Å²) in [5, 5.41) is 11.6. The molecule has 4 nitrogen and oxygen atoms in total. The van der Waals surface area contributed by atoms with Crippen LogP contribution in [0.1, 0.15) is 25.8 Å². The van der Waals surface area contributed by atoms with Gasteiger partial charge in [-0.05, 0) is 13.0 Å². The van der Waals surface area contributed by atoms with Crippen molar-refractivity contribution in [2.24, 2.45) is 5.16 Å². The summed E-state index contributed by atoms with van der Waals surface area (Å²) in [5.74, 6) is 0.142. The van der Waals surface area contributed by atoms with E-state index in [9.17, 15) is 4.79 Å². The number of oxime groups is 1. The third-order valence-electron chi connectivity index (χ3n) is 2.02. The Morgan fingerprint density at radius 3 is 2.75 bits per heavy atom. The molecule has 0 atom stereocenters. The van der Waals surface area contributed by atoms with E-state index in [0.29, 0.717) is 0 Å². The van der Waals surface area contributed by atoms with Crippen molar-refractivity contribution >= 4 is 11.7 Å². The van der Waals surface area contributed by atoms with Crippen LogP contribution in [0.25, 0.3) is 0 Å². The molecule has 0 amide bonds. The van der Waals surface area contributed by atoms with Crippen LogP contribution in [0.5, 0.6) is 5.75 Å². The summed E-state index contributed by atoms with van der Waals surface area (Å²) in [4.78, 5) is 14.5. The summed E-state index contributed by atoms with van der Waals surface area (Å²) in [5.41, 5.74) is 2.25. The van der Waals surface area contributed by atoms with Gasteiger partial charge < -0.3 is 9.94 Å². The van der Waals surface area contributed by atoms with E-state index >= 15 is 0 Å². The Morgan fingerprint density at radius 2 is 2.12 bits per heavy atom. The van der Waals surface area contributed by atoms with Crippen molar-refractivity contribution in [1.82, 2.24) is 0 Å². The van der Waals surface area contributed by atoms with Crippen LogP contribution in [-0.2, 0) is 11.2 Å². The molecule has 16 heavy (non-hydrogen) atoms. The highest BCUT2D eigenvalue weighted by Gasteiger charge is 2.09. The minimum absolute atomic E-state index is 0.222. The lowest BCUT2D eigenvalue weighted by molar-refractivity contribution is -0.136. The number of hydrogen-bond acceptors (Lipinski definition) is 3. The minimum Gasteiger partial charge on any atom is -0.481 e. The van der Waals surface area contributed by atoms with Gasteiger partial charge in [0.15, 0.2) is 5.75 Å². The maximum absolute atomic E-state index is 9.37. The predicted molar refractivity (Wildman–Crippen MR) is 61.8 cm³/mol. The van der Waals surface area contributed by atoms with E-state index in [1.165, 1.54) is 5.56 Å². The molecule has 0 aromatic heterocycles. The summed E-state index contributed by atoms with van der Waals surface area (Å²) in [6.45, 7) is 3.57. The molecule has 1 aliphatic rings. The van der Waals surface area contributed by atoms with Gasteiger partial charge in [-0.25, -0.2) is 0 Å². The van der Waals surface area contributed by atoms with Crippen LogP contribution in [0.3, 0.4) is 0 Å². The number of benzene rings is 1. The van der Waals surface area contributed by atoms with Gasteiger partial charge in [0, 0.05) is 18.4 Å². The second-order valence-electron chi connectivity index (χ2n) is 3.45. The third-order valence-corrected chi connectivity index (χ3v) is 2.02. The molecule has 1 aromatic rings. The number of aliphatic carboxylic acids is 1. The Balaban J connectivity index is 0.000000221. The highest BCUT2D eigenvalue weighted by Crippen LogP contribution is 2.22. The third kappa shape index (κ3) is 3.73. The number of para-hydroxylation sites is 1. The fourth-order valence-electron chi connectivity index (χ4n) is 1.17. The Bertz CT molecular complexity index is 399. The molecule has 1 heterocycles. The molecule has 86 valence electrons. The molecule has 0 unspecified atom stereocenters. The van der Waals surface area contributed by atoms with Crippen LogP contribution in [0.4, 0.5) is 0 Å². The van der Waals surface area contributed by atoms with Gasteiger partial charge in [-0.3, -0.25) is 4.79 Å². The van der Waals surface area contributed by atoms with E-state index in [0.717, 1.165) is 17.9 Å². The van der Waals surface area contributed by atoms with Gasteiger partial charge in [-0.1, -0.05) is 30.3 Å². The van der Waals surface area contributed by atoms with Crippen molar-refractivity contribution in [3.63, 3.8) is 0 Å². The van der Waals surface area contributed by atoms with Crippen LogP contribution < -0.4 is 4.84 Å². The van der Waals surface area contributed by atoms with E-state index in [2.05, 4.69) is 11.2 Å². The van der Waals surface area contributed by atoms with Crippen molar-refractivity contribution in [3.8, 4) is 5.75 Å². The van der Waals surface area contributed by atoms with Crippen LogP contribution in [0.2, 0.25) is 0 Å². The fraction of sp³-hybridized carbons (Fsp3) is 0.333. The average molecular weight is 221 g/mol. The normalized spacial score (nSPS) is 12.5. The largest absolute Gasteiger partial charge is 0.481 e. The molecule has 0 spiro atoms. The first kappa shape index (κ1) is 12.2. The van der Waals surface area contributed by atoms with Gasteiger partial charge in [-0.15, -0.1) is 0 Å². The monoisotopic (exact) mass is 221 g/mol. The zero-order chi connectivity index (χ0) is 12.0. The SMILES string of the molecule is CC1=NOc2ccccc2C1.CCC(=O)O. The highest BCUT2D eigenvalue weighted by atomic mass is 16.6. The molecule has 0 aliphatic carbocycles. The molecule has 1 N–H and O–H groups in total. The minimum atomic E-state index is -0.745. The molecule has 4 heteroatoms. The van der Waals surface area contributed by atoms with Gasteiger partial charge in [-0.2, -0.15) is 0 Å². The Morgan fingerprint density at radius 1 is 1.50 bits per heavy atom. The summed E-state index contributed by atoms with van der Waals surface area (Å²) in [6.07, 6.45) is 1.14. The van der Waals surface area contributed by atoms with E-state index in [1.54, 1.807) is 6.92 Å². The summed E-state index contributed by atoms with van der Waals surface area (Å²) in [6, 6.07) is 7.97. The van der Waals surface area contributed by atoms with Crippen molar-refractivity contribution in [2.75, 3.05) is 0 Å². The second kappa shape index (κ2) is 5.90. The van der Waals surface area contributed by atoms with E-state index in [4.69, 9.17) is 9.94 Å². The van der Waals surface area contributed by atoms with Crippen LogP contribution in [-0.4, -0.2) is 16.8 Å². The van der Waals surface area contributed by atoms with Gasteiger partial charge in [0.1, 0.15) is 0 Å². The fourth-order valence-corrected chi connectivity index (χ4v) is 1.17. The molecule has 0 fully saturated rings. The Labute approximate surface area is 94.5 Å². The molecule has 1 aliphatic heterocycles. The second-order valence-corrected chi connectivity index (χ2v) is 3.45. The molecular weight excluding hydrogens is 206 g/mol. The number of hydrogen-bond donors (Lipinski definition) is 1. The lowest BCUT2D eigenvalue weighted by Gasteiger charge is -2.11. The van der Waals surface area contributed by atoms with Crippen LogP contribution >= 0.6 is 0 Å². The molecule has 1 aromatic carbocycles. The van der Waals surface area contributed by atoms with Gasteiger partial charge in [0.05, 0.1) is 5.71 Å². The maximum Gasteiger partial charge on any atom is 0.303 e. The molecule has 0 bridgehead atoms. The van der Waals surface area contributed by atoms with E-state index < -0.39 is 5.97 Å². The highest BCUT2D eigenvalue weighted by molar-refractivity contribution is 5.85. The van der Waals surface area contributed by atoms with Crippen molar-refractivity contribution in [3.05, 3.63) is 29.8 Å². The summed E-state index contributed by atoms with van der Waals surface area (Å²) >= 11 is 0. The summed E-state index contributed by atoms with van der Waals surface area (Å²) in [7, 11) is 0. The van der Waals surface area contributed by atoms with Crippen molar-refractivity contribution in [1.29, 1.82) is 0 Å². The first-order valence-corrected chi connectivity index (χ1v) is 5.13. The lowest BCUT2D eigenvalue weighted by atomic mass is 10.1. The number of rotatable bonds is 1. The molecule has 0 saturated heterocycles. The first-order chi connectivity index (χ1) is 7.63.